The van der Waals surface area contributed by atoms with Crippen LogP contribution in [-0.4, -0.2) is 54.3 Å². The Labute approximate surface area is 175 Å². The van der Waals surface area contributed by atoms with Gasteiger partial charge in [-0.25, -0.2) is 0 Å². The molecule has 7 nitrogen and oxygen atoms in total. The largest absolute Gasteiger partial charge is 0.354 e. The minimum atomic E-state index is -0.624. The first-order valence-electron chi connectivity index (χ1n) is 11.2. The molecule has 0 spiro atoms. The molecule has 0 radical (unpaired) electrons. The van der Waals surface area contributed by atoms with Gasteiger partial charge in [-0.05, 0) is 37.0 Å². The van der Waals surface area contributed by atoms with E-state index in [9.17, 15) is 14.4 Å². The maximum Gasteiger partial charge on any atom is 0.246 e. The van der Waals surface area contributed by atoms with Gasteiger partial charge in [0.1, 0.15) is 6.04 Å². The summed E-state index contributed by atoms with van der Waals surface area (Å²) in [5, 5.41) is 5.86. The van der Waals surface area contributed by atoms with Crippen LogP contribution in [0, 0.1) is 17.3 Å². The summed E-state index contributed by atoms with van der Waals surface area (Å²) in [7, 11) is 0. The highest BCUT2D eigenvalue weighted by molar-refractivity contribution is 5.89. The quantitative estimate of drug-likeness (QED) is 0.541. The molecular formula is C22H40N4O3. The Bertz CT molecular complexity index is 581. The molecule has 2 fully saturated rings. The number of hydrogen-bond donors (Lipinski definition) is 3. The van der Waals surface area contributed by atoms with Crippen molar-refractivity contribution >= 4 is 17.7 Å². The molecule has 1 heterocycles. The molecule has 3 amide bonds. The van der Waals surface area contributed by atoms with Crippen LogP contribution in [0.1, 0.15) is 72.6 Å². The van der Waals surface area contributed by atoms with Crippen molar-refractivity contribution in [3.63, 3.8) is 0 Å². The second kappa shape index (κ2) is 10.4. The van der Waals surface area contributed by atoms with Crippen molar-refractivity contribution in [2.45, 2.75) is 84.7 Å². The van der Waals surface area contributed by atoms with Gasteiger partial charge in [0.2, 0.25) is 17.7 Å². The lowest BCUT2D eigenvalue weighted by Crippen LogP contribution is -2.57. The van der Waals surface area contributed by atoms with Crippen molar-refractivity contribution in [1.82, 2.24) is 15.5 Å². The summed E-state index contributed by atoms with van der Waals surface area (Å²) in [6, 6.07) is -0.636. The van der Waals surface area contributed by atoms with E-state index in [1.165, 1.54) is 19.3 Å². The fraction of sp³-hybridized carbons (Fsp3) is 0.864. The van der Waals surface area contributed by atoms with E-state index >= 15 is 0 Å². The molecular weight excluding hydrogens is 368 g/mol. The van der Waals surface area contributed by atoms with Gasteiger partial charge in [0.25, 0.3) is 0 Å². The Morgan fingerprint density at radius 1 is 1.21 bits per heavy atom. The number of nitrogens with one attached hydrogen (secondary N) is 2. The van der Waals surface area contributed by atoms with E-state index in [0.717, 1.165) is 25.7 Å². The molecule has 4 N–H and O–H groups in total. The summed E-state index contributed by atoms with van der Waals surface area (Å²) in [5.41, 5.74) is 5.01. The maximum absolute atomic E-state index is 13.2. The van der Waals surface area contributed by atoms with Crippen molar-refractivity contribution in [2.24, 2.45) is 23.0 Å². The van der Waals surface area contributed by atoms with Crippen molar-refractivity contribution in [3.05, 3.63) is 0 Å². The van der Waals surface area contributed by atoms with Crippen LogP contribution in [-0.2, 0) is 14.4 Å². The molecule has 2 atom stereocenters. The monoisotopic (exact) mass is 408 g/mol. The Balaban J connectivity index is 1.87. The maximum atomic E-state index is 13.2. The topological polar surface area (TPSA) is 105 Å². The van der Waals surface area contributed by atoms with Gasteiger partial charge < -0.3 is 21.3 Å². The number of hydrogen-bond acceptors (Lipinski definition) is 4. The molecule has 0 aromatic heterocycles. The highest BCUT2D eigenvalue weighted by Crippen LogP contribution is 2.37. The van der Waals surface area contributed by atoms with Gasteiger partial charge in [0.15, 0.2) is 0 Å². The van der Waals surface area contributed by atoms with Crippen LogP contribution in [0.5, 0.6) is 0 Å². The first kappa shape index (κ1) is 23.6. The first-order chi connectivity index (χ1) is 13.7. The molecule has 0 aromatic rings. The van der Waals surface area contributed by atoms with Gasteiger partial charge in [0, 0.05) is 25.0 Å². The molecule has 1 saturated carbocycles. The van der Waals surface area contributed by atoms with E-state index in [1.807, 2.05) is 25.7 Å². The SMILES string of the molecule is CCCC[C@H]1C[C@H](C(=O)NC[C@H]2CCCN2C(=O)[C@@H](NC(=O)CN)C(C)(C)C)C1. The Morgan fingerprint density at radius 3 is 2.48 bits per heavy atom. The number of likely N-dealkylation sites (tertiary alicyclic amines) is 1. The van der Waals surface area contributed by atoms with Crippen LogP contribution in [0.2, 0.25) is 0 Å². The predicted molar refractivity (Wildman–Crippen MR) is 114 cm³/mol. The predicted octanol–water partition coefficient (Wildman–Crippen LogP) is 1.80. The summed E-state index contributed by atoms with van der Waals surface area (Å²) in [6.07, 6.45) is 7.46. The summed E-state index contributed by atoms with van der Waals surface area (Å²) in [5.74, 6) is 0.549. The van der Waals surface area contributed by atoms with E-state index in [-0.39, 0.29) is 36.2 Å². The second-order valence-corrected chi connectivity index (χ2v) is 9.82. The van der Waals surface area contributed by atoms with Crippen LogP contribution in [0.4, 0.5) is 0 Å². The number of amides is 3. The summed E-state index contributed by atoms with van der Waals surface area (Å²) >= 11 is 0. The van der Waals surface area contributed by atoms with Gasteiger partial charge >= 0.3 is 0 Å². The molecule has 1 aliphatic carbocycles. The van der Waals surface area contributed by atoms with Crippen LogP contribution >= 0.6 is 0 Å². The standard InChI is InChI=1S/C22H40N4O3/c1-5-6-8-15-11-16(12-15)20(28)24-14-17-9-7-10-26(17)21(29)19(22(2,3)4)25-18(27)13-23/h15-17,19H,5-14,23H2,1-4H3,(H,24,28)(H,25,27)/t15-,16-,17-,19-/m1/s1. The molecule has 0 unspecified atom stereocenters. The third-order valence-corrected chi connectivity index (χ3v) is 6.35. The third kappa shape index (κ3) is 6.43. The van der Waals surface area contributed by atoms with Crippen molar-refractivity contribution in [1.29, 1.82) is 0 Å². The highest BCUT2D eigenvalue weighted by Gasteiger charge is 2.40. The number of nitrogens with zero attached hydrogens (tertiary/aromatic N) is 1. The van der Waals surface area contributed by atoms with Crippen LogP contribution < -0.4 is 16.4 Å². The number of carbonyl (C=O) groups is 3. The molecule has 2 aliphatic rings. The zero-order chi connectivity index (χ0) is 21.6. The fourth-order valence-corrected chi connectivity index (χ4v) is 4.41. The molecule has 0 bridgehead atoms. The molecule has 166 valence electrons. The van der Waals surface area contributed by atoms with Crippen molar-refractivity contribution in [2.75, 3.05) is 19.6 Å². The van der Waals surface area contributed by atoms with E-state index in [0.29, 0.717) is 19.0 Å². The van der Waals surface area contributed by atoms with Crippen LogP contribution in [0.15, 0.2) is 0 Å². The average Bonchev–Trinajstić information content (AvgIpc) is 3.10. The smallest absolute Gasteiger partial charge is 0.246 e. The third-order valence-electron chi connectivity index (χ3n) is 6.35. The van der Waals surface area contributed by atoms with Crippen molar-refractivity contribution < 1.29 is 14.4 Å². The Morgan fingerprint density at radius 2 is 1.90 bits per heavy atom. The fourth-order valence-electron chi connectivity index (χ4n) is 4.41. The van der Waals surface area contributed by atoms with E-state index in [4.69, 9.17) is 5.73 Å². The van der Waals surface area contributed by atoms with E-state index < -0.39 is 11.5 Å². The van der Waals surface area contributed by atoms with Gasteiger partial charge in [-0.1, -0.05) is 47.0 Å². The Hall–Kier alpha value is -1.63. The highest BCUT2D eigenvalue weighted by atomic mass is 16.2. The number of nitrogens with two attached hydrogens (primary N) is 1. The molecule has 29 heavy (non-hydrogen) atoms. The molecule has 1 aliphatic heterocycles. The zero-order valence-electron chi connectivity index (χ0n) is 18.6. The van der Waals surface area contributed by atoms with Crippen LogP contribution in [0.25, 0.3) is 0 Å². The average molecular weight is 409 g/mol. The molecule has 1 saturated heterocycles. The zero-order valence-corrected chi connectivity index (χ0v) is 18.6. The van der Waals surface area contributed by atoms with Gasteiger partial charge in [-0.2, -0.15) is 0 Å². The normalized spacial score (nSPS) is 25.3. The minimum absolute atomic E-state index is 0.0120. The number of carbonyl (C=O) groups excluding carboxylic acids is 3. The van der Waals surface area contributed by atoms with Gasteiger partial charge in [0.05, 0.1) is 6.54 Å². The lowest BCUT2D eigenvalue weighted by atomic mass is 9.72. The Kier molecular flexibility index (Phi) is 8.49. The summed E-state index contributed by atoms with van der Waals surface area (Å²) in [4.78, 5) is 39.3. The summed E-state index contributed by atoms with van der Waals surface area (Å²) in [6.45, 7) is 9.01. The minimum Gasteiger partial charge on any atom is -0.354 e. The number of unbranched alkanes of at least 4 members (excludes halogenated alkanes) is 1. The van der Waals surface area contributed by atoms with Crippen molar-refractivity contribution in [3.8, 4) is 0 Å². The molecule has 7 heteroatoms. The van der Waals surface area contributed by atoms with Gasteiger partial charge in [-0.15, -0.1) is 0 Å². The van der Waals surface area contributed by atoms with Gasteiger partial charge in [-0.3, -0.25) is 14.4 Å². The van der Waals surface area contributed by atoms with Crippen LogP contribution in [0.3, 0.4) is 0 Å². The second-order valence-electron chi connectivity index (χ2n) is 9.82. The lowest BCUT2D eigenvalue weighted by Gasteiger charge is -2.37. The number of rotatable bonds is 9. The first-order valence-corrected chi connectivity index (χ1v) is 11.2. The molecule has 2 rings (SSSR count). The summed E-state index contributed by atoms with van der Waals surface area (Å²) < 4.78 is 0. The van der Waals surface area contributed by atoms with E-state index in [1.54, 1.807) is 0 Å². The van der Waals surface area contributed by atoms with E-state index in [2.05, 4.69) is 17.6 Å². The lowest BCUT2D eigenvalue weighted by molar-refractivity contribution is -0.140. The molecule has 0 aromatic carbocycles.